The van der Waals surface area contributed by atoms with Gasteiger partial charge in [-0.15, -0.1) is 28.0 Å². The van der Waals surface area contributed by atoms with Crippen LogP contribution in [0.25, 0.3) is 16.8 Å². The van der Waals surface area contributed by atoms with Crippen LogP contribution in [0.4, 0.5) is 16.3 Å². The summed E-state index contributed by atoms with van der Waals surface area (Å²) in [5.41, 5.74) is 4.11. The van der Waals surface area contributed by atoms with Crippen LogP contribution in [0, 0.1) is 12.3 Å². The van der Waals surface area contributed by atoms with Crippen LogP contribution in [0.2, 0.25) is 0 Å². The van der Waals surface area contributed by atoms with Gasteiger partial charge < -0.3 is 9.80 Å². The third-order valence-corrected chi connectivity index (χ3v) is 6.07. The average Bonchev–Trinajstić information content (AvgIpc) is 3.48. The Labute approximate surface area is 183 Å². The zero-order valence-corrected chi connectivity index (χ0v) is 17.4. The summed E-state index contributed by atoms with van der Waals surface area (Å²) in [5, 5.41) is 13.3. The molecule has 9 heteroatoms. The van der Waals surface area contributed by atoms with Gasteiger partial charge in [0.05, 0.1) is 0 Å². The first-order chi connectivity index (χ1) is 15.2. The summed E-state index contributed by atoms with van der Waals surface area (Å²) in [5.74, 6) is 2.98. The number of hydrogen-bond acceptors (Lipinski definition) is 6. The molecular formula is C22H19N7OS. The number of carbonyl (C=O) groups is 1. The van der Waals surface area contributed by atoms with E-state index in [9.17, 15) is 4.79 Å². The van der Waals surface area contributed by atoms with Crippen LogP contribution >= 0.6 is 11.3 Å². The lowest BCUT2D eigenvalue weighted by atomic mass is 10.1. The van der Waals surface area contributed by atoms with Gasteiger partial charge in [0.25, 0.3) is 0 Å². The molecule has 31 heavy (non-hydrogen) atoms. The SMILES string of the molecule is C#Cc1nc(NC(=O)N2CCN(c3ccc(-c4cccn5cnnc45)cc3)CC2)cs1. The van der Waals surface area contributed by atoms with E-state index < -0.39 is 0 Å². The number of anilines is 2. The number of carbonyl (C=O) groups excluding carboxylic acids is 1. The number of rotatable bonds is 3. The van der Waals surface area contributed by atoms with Crippen molar-refractivity contribution in [2.24, 2.45) is 0 Å². The summed E-state index contributed by atoms with van der Waals surface area (Å²) >= 11 is 1.34. The van der Waals surface area contributed by atoms with E-state index in [1.807, 2.05) is 22.7 Å². The maximum Gasteiger partial charge on any atom is 0.323 e. The molecule has 0 spiro atoms. The molecule has 4 aromatic rings. The predicted octanol–water partition coefficient (Wildman–Crippen LogP) is 3.19. The Hall–Kier alpha value is -3.90. The van der Waals surface area contributed by atoms with Gasteiger partial charge in [-0.3, -0.25) is 9.72 Å². The number of piperazine rings is 1. The number of pyridine rings is 1. The molecule has 1 aliphatic heterocycles. The number of nitrogens with one attached hydrogen (secondary N) is 1. The van der Waals surface area contributed by atoms with E-state index in [1.165, 1.54) is 11.3 Å². The van der Waals surface area contributed by atoms with Gasteiger partial charge in [-0.2, -0.15) is 0 Å². The van der Waals surface area contributed by atoms with Crippen LogP contribution in [0.15, 0.2) is 54.3 Å². The summed E-state index contributed by atoms with van der Waals surface area (Å²) in [4.78, 5) is 20.7. The Kier molecular flexibility index (Phi) is 4.98. The molecule has 1 aliphatic rings. The molecular weight excluding hydrogens is 410 g/mol. The van der Waals surface area contributed by atoms with Gasteiger partial charge >= 0.3 is 6.03 Å². The van der Waals surface area contributed by atoms with Crippen molar-refractivity contribution >= 4 is 34.5 Å². The second kappa shape index (κ2) is 8.08. The van der Waals surface area contributed by atoms with Crippen molar-refractivity contribution in [1.82, 2.24) is 24.5 Å². The van der Waals surface area contributed by atoms with Gasteiger partial charge in [0.15, 0.2) is 10.7 Å². The molecule has 4 heterocycles. The van der Waals surface area contributed by atoms with Crippen molar-refractivity contribution in [2.45, 2.75) is 0 Å². The Morgan fingerprint density at radius 3 is 2.68 bits per heavy atom. The molecule has 5 rings (SSSR count). The number of fused-ring (bicyclic) bond motifs is 1. The number of nitrogens with zero attached hydrogens (tertiary/aromatic N) is 6. The van der Waals surface area contributed by atoms with E-state index >= 15 is 0 Å². The number of aromatic nitrogens is 4. The van der Waals surface area contributed by atoms with E-state index in [0.717, 1.165) is 35.6 Å². The lowest BCUT2D eigenvalue weighted by molar-refractivity contribution is 0.208. The molecule has 0 atom stereocenters. The number of hydrogen-bond donors (Lipinski definition) is 1. The van der Waals surface area contributed by atoms with E-state index in [4.69, 9.17) is 6.42 Å². The van der Waals surface area contributed by atoms with Crippen LogP contribution in [0.1, 0.15) is 5.01 Å². The van der Waals surface area contributed by atoms with E-state index in [-0.39, 0.29) is 6.03 Å². The van der Waals surface area contributed by atoms with Crippen LogP contribution in [-0.4, -0.2) is 56.7 Å². The number of thiazole rings is 1. The largest absolute Gasteiger partial charge is 0.368 e. The van der Waals surface area contributed by atoms with E-state index in [0.29, 0.717) is 23.9 Å². The average molecular weight is 430 g/mol. The van der Waals surface area contributed by atoms with Crippen molar-refractivity contribution in [3.05, 3.63) is 59.3 Å². The third-order valence-electron chi connectivity index (χ3n) is 5.30. The van der Waals surface area contributed by atoms with Gasteiger partial charge in [0, 0.05) is 49.0 Å². The first-order valence-corrected chi connectivity index (χ1v) is 10.7. The van der Waals surface area contributed by atoms with Crippen molar-refractivity contribution < 1.29 is 4.79 Å². The number of benzene rings is 1. The molecule has 1 saturated heterocycles. The summed E-state index contributed by atoms with van der Waals surface area (Å²) in [6.45, 7) is 2.80. The lowest BCUT2D eigenvalue weighted by Gasteiger charge is -2.36. The second-order valence-corrected chi connectivity index (χ2v) is 7.98. The smallest absolute Gasteiger partial charge is 0.323 e. The van der Waals surface area contributed by atoms with Gasteiger partial charge in [0.1, 0.15) is 12.1 Å². The number of amides is 2. The minimum Gasteiger partial charge on any atom is -0.368 e. The fourth-order valence-corrected chi connectivity index (χ4v) is 4.24. The monoisotopic (exact) mass is 429 g/mol. The number of urea groups is 1. The minimum absolute atomic E-state index is 0.148. The Bertz CT molecular complexity index is 1260. The predicted molar refractivity (Wildman–Crippen MR) is 121 cm³/mol. The van der Waals surface area contributed by atoms with E-state index in [1.54, 1.807) is 16.6 Å². The fourth-order valence-electron chi connectivity index (χ4n) is 3.68. The van der Waals surface area contributed by atoms with Crippen LogP contribution in [0.3, 0.4) is 0 Å². The highest BCUT2D eigenvalue weighted by Crippen LogP contribution is 2.26. The van der Waals surface area contributed by atoms with Crippen LogP contribution in [-0.2, 0) is 0 Å². The molecule has 3 aromatic heterocycles. The zero-order valence-electron chi connectivity index (χ0n) is 16.6. The van der Waals surface area contributed by atoms with Crippen molar-refractivity contribution in [2.75, 3.05) is 36.4 Å². The normalized spacial score (nSPS) is 13.9. The molecule has 1 fully saturated rings. The molecule has 8 nitrogen and oxygen atoms in total. The minimum atomic E-state index is -0.148. The molecule has 0 radical (unpaired) electrons. The van der Waals surface area contributed by atoms with Crippen LogP contribution in [0.5, 0.6) is 0 Å². The van der Waals surface area contributed by atoms with Crippen molar-refractivity contribution in [3.8, 4) is 23.5 Å². The fraction of sp³-hybridized carbons (Fsp3) is 0.182. The molecule has 0 unspecified atom stereocenters. The van der Waals surface area contributed by atoms with E-state index in [2.05, 4.69) is 55.6 Å². The van der Waals surface area contributed by atoms with Gasteiger partial charge in [-0.05, 0) is 35.7 Å². The van der Waals surface area contributed by atoms with Gasteiger partial charge in [-0.1, -0.05) is 12.1 Å². The topological polar surface area (TPSA) is 78.7 Å². The third kappa shape index (κ3) is 3.81. The van der Waals surface area contributed by atoms with Crippen molar-refractivity contribution in [1.29, 1.82) is 0 Å². The maximum absolute atomic E-state index is 12.5. The highest BCUT2D eigenvalue weighted by Gasteiger charge is 2.22. The molecule has 0 aliphatic carbocycles. The highest BCUT2D eigenvalue weighted by atomic mass is 32.1. The summed E-state index contributed by atoms with van der Waals surface area (Å²) in [6.07, 6.45) is 8.97. The standard InChI is InChI=1S/C22H19N7OS/c1-2-20-24-19(14-31-20)25-22(30)28-12-10-27(11-13-28)17-7-5-16(6-8-17)18-4-3-9-29-15-23-26-21(18)29/h1,3-9,14-15H,10-13H2,(H,25,30). The molecule has 0 bridgehead atoms. The Morgan fingerprint density at radius 1 is 1.13 bits per heavy atom. The van der Waals surface area contributed by atoms with Gasteiger partial charge in [0.2, 0.25) is 0 Å². The first-order valence-electron chi connectivity index (χ1n) is 9.83. The quantitative estimate of drug-likeness (QED) is 0.506. The molecule has 154 valence electrons. The highest BCUT2D eigenvalue weighted by molar-refractivity contribution is 7.10. The van der Waals surface area contributed by atoms with Crippen LogP contribution < -0.4 is 10.2 Å². The maximum atomic E-state index is 12.5. The number of terminal acetylenes is 1. The Morgan fingerprint density at radius 2 is 1.94 bits per heavy atom. The molecule has 1 N–H and O–H groups in total. The molecule has 0 saturated carbocycles. The Balaban J connectivity index is 1.22. The zero-order chi connectivity index (χ0) is 21.2. The summed E-state index contributed by atoms with van der Waals surface area (Å²) in [6, 6.07) is 12.3. The van der Waals surface area contributed by atoms with Gasteiger partial charge in [-0.25, -0.2) is 9.78 Å². The second-order valence-electron chi connectivity index (χ2n) is 7.12. The lowest BCUT2D eigenvalue weighted by Crippen LogP contribution is -2.50. The summed E-state index contributed by atoms with van der Waals surface area (Å²) in [7, 11) is 0. The molecule has 2 amide bonds. The molecule has 1 aromatic carbocycles. The van der Waals surface area contributed by atoms with Crippen molar-refractivity contribution in [3.63, 3.8) is 0 Å². The first kappa shape index (κ1) is 19.1. The summed E-state index contributed by atoms with van der Waals surface area (Å²) < 4.78 is 1.91.